The fourth-order valence-corrected chi connectivity index (χ4v) is 3.81. The number of nitrogens with one attached hydrogen (secondary N) is 1. The van der Waals surface area contributed by atoms with Crippen LogP contribution in [0.2, 0.25) is 0 Å². The molecule has 1 aromatic carbocycles. The van der Waals surface area contributed by atoms with Crippen LogP contribution in [0.1, 0.15) is 23.1 Å². The van der Waals surface area contributed by atoms with Crippen molar-refractivity contribution in [2.75, 3.05) is 11.9 Å². The maximum atomic E-state index is 12.1. The van der Waals surface area contributed by atoms with Crippen LogP contribution in [0.25, 0.3) is 11.3 Å². The van der Waals surface area contributed by atoms with Crippen molar-refractivity contribution in [3.05, 3.63) is 58.6 Å². The fourth-order valence-electron chi connectivity index (χ4n) is 3.26. The van der Waals surface area contributed by atoms with E-state index in [-0.39, 0.29) is 18.4 Å². The Kier molecular flexibility index (Phi) is 4.81. The van der Waals surface area contributed by atoms with Gasteiger partial charge in [-0.15, -0.1) is 11.3 Å². The summed E-state index contributed by atoms with van der Waals surface area (Å²) in [5.74, 6) is -0.122. The summed E-state index contributed by atoms with van der Waals surface area (Å²) in [5, 5.41) is 14.6. The number of nitriles is 1. The Balaban J connectivity index is 1.64. The number of aromatic nitrogens is 2. The van der Waals surface area contributed by atoms with Gasteiger partial charge in [-0.05, 0) is 30.4 Å². The molecule has 4 rings (SSSR count). The van der Waals surface area contributed by atoms with E-state index in [9.17, 15) is 10.1 Å². The van der Waals surface area contributed by atoms with Crippen LogP contribution in [0, 0.1) is 11.3 Å². The maximum Gasteiger partial charge on any atom is 0.264 e. The van der Waals surface area contributed by atoms with Crippen LogP contribution < -0.4 is 10.1 Å². The minimum atomic E-state index is -0.336. The quantitative estimate of drug-likeness (QED) is 0.735. The largest absolute Gasteiger partial charge is 0.467 e. The van der Waals surface area contributed by atoms with E-state index in [1.807, 2.05) is 30.3 Å². The fraction of sp³-hybridized carbons (Fsp3) is 0.200. The number of hydrogen-bond acceptors (Lipinski definition) is 6. The number of amides is 1. The van der Waals surface area contributed by atoms with E-state index >= 15 is 0 Å². The van der Waals surface area contributed by atoms with Crippen LogP contribution in [0.15, 0.2) is 41.9 Å². The van der Waals surface area contributed by atoms with Crippen molar-refractivity contribution < 1.29 is 9.53 Å². The molecule has 0 aliphatic heterocycles. The van der Waals surface area contributed by atoms with Crippen LogP contribution >= 0.6 is 11.3 Å². The van der Waals surface area contributed by atoms with E-state index in [2.05, 4.69) is 21.4 Å². The number of carbonyl (C=O) groups is 1. The Bertz CT molecular complexity index is 1010. The van der Waals surface area contributed by atoms with E-state index in [1.165, 1.54) is 11.3 Å². The van der Waals surface area contributed by atoms with Gasteiger partial charge in [0.2, 0.25) is 5.88 Å². The molecule has 0 bridgehead atoms. The molecule has 0 atom stereocenters. The average molecular weight is 376 g/mol. The lowest BCUT2D eigenvalue weighted by Gasteiger charge is -2.14. The maximum absolute atomic E-state index is 12.1. The number of pyridine rings is 1. The number of benzene rings is 1. The average Bonchev–Trinajstić information content (AvgIpc) is 3.38. The van der Waals surface area contributed by atoms with Crippen molar-refractivity contribution in [2.24, 2.45) is 0 Å². The number of rotatable bonds is 5. The summed E-state index contributed by atoms with van der Waals surface area (Å²) in [6.45, 7) is -0.228. The predicted octanol–water partition coefficient (Wildman–Crippen LogP) is 3.58. The Morgan fingerprint density at radius 1 is 1.26 bits per heavy atom. The van der Waals surface area contributed by atoms with Crippen molar-refractivity contribution in [1.82, 2.24) is 9.97 Å². The molecule has 134 valence electrons. The summed E-state index contributed by atoms with van der Waals surface area (Å²) in [6, 6.07) is 12.1. The van der Waals surface area contributed by atoms with Crippen molar-refractivity contribution in [2.45, 2.75) is 19.3 Å². The van der Waals surface area contributed by atoms with Crippen LogP contribution in [0.5, 0.6) is 5.88 Å². The molecule has 0 spiro atoms. The third-order valence-corrected chi connectivity index (χ3v) is 5.10. The first-order valence-electron chi connectivity index (χ1n) is 8.59. The molecule has 27 heavy (non-hydrogen) atoms. The number of hydrogen-bond donors (Lipinski definition) is 1. The molecule has 1 amide bonds. The number of carbonyl (C=O) groups excluding carboxylic acids is 1. The molecular weight excluding hydrogens is 360 g/mol. The van der Waals surface area contributed by atoms with Gasteiger partial charge in [0.05, 0.1) is 5.69 Å². The molecular formula is C20H16N4O2S. The number of thiazole rings is 1. The highest BCUT2D eigenvalue weighted by molar-refractivity contribution is 7.13. The van der Waals surface area contributed by atoms with Gasteiger partial charge in [0.1, 0.15) is 11.6 Å². The normalized spacial score (nSPS) is 12.3. The van der Waals surface area contributed by atoms with Gasteiger partial charge < -0.3 is 4.74 Å². The zero-order valence-electron chi connectivity index (χ0n) is 14.4. The Morgan fingerprint density at radius 2 is 2.07 bits per heavy atom. The van der Waals surface area contributed by atoms with Crippen molar-refractivity contribution in [3.8, 4) is 23.2 Å². The number of fused-ring (bicyclic) bond motifs is 1. The van der Waals surface area contributed by atoms with Crippen LogP contribution in [-0.2, 0) is 17.6 Å². The molecule has 2 aromatic heterocycles. The summed E-state index contributed by atoms with van der Waals surface area (Å²) in [6.07, 6.45) is 4.32. The van der Waals surface area contributed by atoms with E-state index < -0.39 is 0 Å². The van der Waals surface area contributed by atoms with Crippen molar-refractivity contribution in [1.29, 1.82) is 5.26 Å². The first kappa shape index (κ1) is 17.2. The molecule has 2 heterocycles. The Hall–Kier alpha value is -3.24. The SMILES string of the molecule is N#Cc1c(OCC(=O)Nc2nccs2)nc(-c2ccccc2)c2c1CCC2. The highest BCUT2D eigenvalue weighted by atomic mass is 32.1. The molecule has 1 N–H and O–H groups in total. The second-order valence-electron chi connectivity index (χ2n) is 6.10. The van der Waals surface area contributed by atoms with Gasteiger partial charge in [0, 0.05) is 17.1 Å². The van der Waals surface area contributed by atoms with Gasteiger partial charge in [-0.3, -0.25) is 10.1 Å². The second kappa shape index (κ2) is 7.56. The van der Waals surface area contributed by atoms with E-state index in [4.69, 9.17) is 4.74 Å². The molecule has 1 aliphatic carbocycles. The van der Waals surface area contributed by atoms with Crippen LogP contribution in [0.3, 0.4) is 0 Å². The molecule has 7 heteroatoms. The molecule has 0 fully saturated rings. The molecule has 0 saturated heterocycles. The molecule has 6 nitrogen and oxygen atoms in total. The summed E-state index contributed by atoms with van der Waals surface area (Å²) in [5.41, 5.74) is 4.35. The lowest BCUT2D eigenvalue weighted by Crippen LogP contribution is -2.21. The summed E-state index contributed by atoms with van der Waals surface area (Å²) >= 11 is 1.33. The standard InChI is InChI=1S/C20H16N4O2S/c21-11-16-14-7-4-8-15(14)18(13-5-2-1-3-6-13)24-19(16)26-12-17(25)23-20-22-9-10-27-20/h1-3,5-6,9-10H,4,7-8,12H2,(H,22,23,25). The zero-order valence-corrected chi connectivity index (χ0v) is 15.3. The van der Waals surface area contributed by atoms with Gasteiger partial charge in [-0.25, -0.2) is 9.97 Å². The lowest BCUT2D eigenvalue weighted by molar-refractivity contribution is -0.118. The summed E-state index contributed by atoms with van der Waals surface area (Å²) in [7, 11) is 0. The van der Waals surface area contributed by atoms with Gasteiger partial charge in [-0.2, -0.15) is 5.26 Å². The number of ether oxygens (including phenoxy) is 1. The zero-order chi connectivity index (χ0) is 18.6. The van der Waals surface area contributed by atoms with E-state index in [0.29, 0.717) is 10.7 Å². The predicted molar refractivity (Wildman–Crippen MR) is 103 cm³/mol. The highest BCUT2D eigenvalue weighted by Crippen LogP contribution is 2.36. The topological polar surface area (TPSA) is 87.9 Å². The lowest BCUT2D eigenvalue weighted by atomic mass is 9.99. The third kappa shape index (κ3) is 3.52. The minimum Gasteiger partial charge on any atom is -0.467 e. The van der Waals surface area contributed by atoms with Crippen LogP contribution in [0.4, 0.5) is 5.13 Å². The molecule has 0 saturated carbocycles. The summed E-state index contributed by atoms with van der Waals surface area (Å²) in [4.78, 5) is 20.7. The first-order valence-corrected chi connectivity index (χ1v) is 9.47. The molecule has 0 unspecified atom stereocenters. The van der Waals surface area contributed by atoms with E-state index in [0.717, 1.165) is 41.6 Å². The first-order chi connectivity index (χ1) is 13.3. The summed E-state index contributed by atoms with van der Waals surface area (Å²) < 4.78 is 5.66. The van der Waals surface area contributed by atoms with Gasteiger partial charge in [-0.1, -0.05) is 30.3 Å². The van der Waals surface area contributed by atoms with E-state index in [1.54, 1.807) is 11.6 Å². The van der Waals surface area contributed by atoms with Crippen molar-refractivity contribution >= 4 is 22.4 Å². The molecule has 3 aromatic rings. The number of nitrogens with zero attached hydrogens (tertiary/aromatic N) is 3. The van der Waals surface area contributed by atoms with Gasteiger partial charge in [0.25, 0.3) is 5.91 Å². The molecule has 1 aliphatic rings. The Labute approximate surface area is 160 Å². The van der Waals surface area contributed by atoms with Crippen molar-refractivity contribution in [3.63, 3.8) is 0 Å². The second-order valence-corrected chi connectivity index (χ2v) is 7.00. The monoisotopic (exact) mass is 376 g/mol. The highest BCUT2D eigenvalue weighted by Gasteiger charge is 2.25. The van der Waals surface area contributed by atoms with Gasteiger partial charge in [0.15, 0.2) is 11.7 Å². The molecule has 0 radical (unpaired) electrons. The van der Waals surface area contributed by atoms with Crippen LogP contribution in [-0.4, -0.2) is 22.5 Å². The number of anilines is 1. The third-order valence-electron chi connectivity index (χ3n) is 4.41. The smallest absolute Gasteiger partial charge is 0.264 e. The van der Waals surface area contributed by atoms with Gasteiger partial charge >= 0.3 is 0 Å². The Morgan fingerprint density at radius 3 is 2.81 bits per heavy atom. The minimum absolute atomic E-state index is 0.214.